The second-order valence-electron chi connectivity index (χ2n) is 1.55. The third kappa shape index (κ3) is 14.5. The monoisotopic (exact) mass is 412 g/mol. The van der Waals surface area contributed by atoms with E-state index in [2.05, 4.69) is 69.8 Å². The summed E-state index contributed by atoms with van der Waals surface area (Å²) >= 11 is 13.2. The van der Waals surface area contributed by atoms with E-state index in [4.69, 9.17) is 0 Å². The molecule has 0 nitrogen and oxygen atoms in total. The van der Waals surface area contributed by atoms with Gasteiger partial charge in [0.15, 0.2) is 0 Å². The van der Waals surface area contributed by atoms with Gasteiger partial charge in [-0.25, -0.2) is 0 Å². The maximum atomic E-state index is 3.36. The van der Waals surface area contributed by atoms with Gasteiger partial charge in [0, 0.05) is 21.3 Å². The van der Waals surface area contributed by atoms with Gasteiger partial charge in [-0.3, -0.25) is 0 Å². The molecule has 4 heteroatoms. The molecule has 0 atom stereocenters. The lowest BCUT2D eigenvalue weighted by Crippen LogP contribution is -1.84. The van der Waals surface area contributed by atoms with Crippen molar-refractivity contribution < 1.29 is 0 Å². The number of rotatable bonds is 3. The minimum Gasteiger partial charge on any atom is -0.0931 e. The van der Waals surface area contributed by atoms with E-state index >= 15 is 0 Å². The van der Waals surface area contributed by atoms with E-state index < -0.39 is 0 Å². The van der Waals surface area contributed by atoms with Crippen LogP contribution in [0, 0.1) is 0 Å². The average Bonchev–Trinajstić information content (AvgIpc) is 2.02. The Hall–Kier alpha value is 1.66. The number of hydrogen-bond acceptors (Lipinski definition) is 0. The van der Waals surface area contributed by atoms with E-state index in [0.717, 1.165) is 21.3 Å². The molecule has 0 aromatic heterocycles. The van der Waals surface area contributed by atoms with Gasteiger partial charge in [0.25, 0.3) is 0 Å². The molecule has 0 aromatic carbocycles. The predicted molar refractivity (Wildman–Crippen MR) is 68.9 cm³/mol. The normalized spacial score (nSPS) is 8.09. The van der Waals surface area contributed by atoms with Crippen molar-refractivity contribution in [2.24, 2.45) is 0 Å². The van der Waals surface area contributed by atoms with E-state index in [1.165, 1.54) is 5.57 Å². The molecule has 0 N–H and O–H groups in total. The van der Waals surface area contributed by atoms with Crippen LogP contribution in [-0.4, -0.2) is 21.3 Å². The van der Waals surface area contributed by atoms with Gasteiger partial charge in [-0.05, 0) is 0 Å². The van der Waals surface area contributed by atoms with Crippen molar-refractivity contribution in [1.82, 2.24) is 0 Å². The molecule has 0 saturated carbocycles. The van der Waals surface area contributed by atoms with Crippen molar-refractivity contribution in [2.75, 3.05) is 21.3 Å². The predicted octanol–water partition coefficient (Wildman–Crippen LogP) is 4.50. The molecule has 0 fully saturated rings. The molecule has 0 radical (unpaired) electrons. The first-order valence-electron chi connectivity index (χ1n) is 3.18. The van der Waals surface area contributed by atoms with Gasteiger partial charge in [-0.15, -0.1) is 0 Å². The zero-order valence-corrected chi connectivity index (χ0v) is 12.8. The summed E-state index contributed by atoms with van der Waals surface area (Å²) in [6.45, 7) is 2.04. The minimum atomic E-state index is 0.944. The average molecular weight is 416 g/mol. The first-order chi connectivity index (χ1) is 5.26. The minimum absolute atomic E-state index is 0.944. The summed E-state index contributed by atoms with van der Waals surface area (Å²) in [5, 5.41) is 3.93. The molecule has 0 amide bonds. The molecular formula is C7H12Br4. The summed E-state index contributed by atoms with van der Waals surface area (Å²) in [6.07, 6.45) is 2.14. The second-order valence-corrected chi connectivity index (χ2v) is 4.44. The lowest BCUT2D eigenvalue weighted by Gasteiger charge is -1.92. The zero-order chi connectivity index (χ0) is 9.11. The van der Waals surface area contributed by atoms with Crippen molar-refractivity contribution in [3.63, 3.8) is 0 Å². The summed E-state index contributed by atoms with van der Waals surface area (Å²) in [6, 6.07) is 0. The fourth-order valence-corrected chi connectivity index (χ4v) is 2.10. The van der Waals surface area contributed by atoms with E-state index in [1.807, 2.05) is 6.92 Å². The fraction of sp³-hybridized carbons (Fsp3) is 0.714. The van der Waals surface area contributed by atoms with Crippen LogP contribution in [0.4, 0.5) is 0 Å². The molecule has 0 unspecified atom stereocenters. The molecule has 68 valence electrons. The molecule has 0 heterocycles. The van der Waals surface area contributed by atoms with Crippen LogP contribution in [0.2, 0.25) is 0 Å². The lowest BCUT2D eigenvalue weighted by molar-refractivity contribution is 1.43. The van der Waals surface area contributed by atoms with Crippen molar-refractivity contribution in [1.29, 1.82) is 0 Å². The molecule has 0 bridgehead atoms. The highest BCUT2D eigenvalue weighted by atomic mass is 79.9. The quantitative estimate of drug-likeness (QED) is 0.470. The summed E-state index contributed by atoms with van der Waals surface area (Å²) in [7, 11) is 0. The van der Waals surface area contributed by atoms with Crippen LogP contribution >= 0.6 is 63.7 Å². The van der Waals surface area contributed by atoms with Crippen LogP contribution < -0.4 is 0 Å². The van der Waals surface area contributed by atoms with E-state index in [0.29, 0.717) is 0 Å². The van der Waals surface area contributed by atoms with E-state index in [-0.39, 0.29) is 0 Å². The Morgan fingerprint density at radius 1 is 1.09 bits per heavy atom. The van der Waals surface area contributed by atoms with Gasteiger partial charge in [0.05, 0.1) is 0 Å². The van der Waals surface area contributed by atoms with Crippen LogP contribution in [0.25, 0.3) is 0 Å². The Balaban J connectivity index is 0. The van der Waals surface area contributed by atoms with Crippen molar-refractivity contribution in [3.8, 4) is 0 Å². The van der Waals surface area contributed by atoms with Gasteiger partial charge in [-0.2, -0.15) is 0 Å². The first kappa shape index (κ1) is 15.1. The molecule has 0 spiro atoms. The van der Waals surface area contributed by atoms with Crippen molar-refractivity contribution in [3.05, 3.63) is 11.6 Å². The van der Waals surface area contributed by atoms with Gasteiger partial charge in [-0.1, -0.05) is 82.3 Å². The van der Waals surface area contributed by atoms with Gasteiger partial charge in [0.1, 0.15) is 0 Å². The first-order valence-corrected chi connectivity index (χ1v) is 7.67. The lowest BCUT2D eigenvalue weighted by atomic mass is 10.3. The summed E-state index contributed by atoms with van der Waals surface area (Å²) in [4.78, 5) is 0. The molecule has 0 aliphatic heterocycles. The topological polar surface area (TPSA) is 0 Å². The molecule has 11 heavy (non-hydrogen) atoms. The zero-order valence-electron chi connectivity index (χ0n) is 6.42. The Labute approximate surface area is 103 Å². The Morgan fingerprint density at radius 2 is 1.45 bits per heavy atom. The molecule has 0 aliphatic carbocycles. The molecule has 0 saturated heterocycles. The highest BCUT2D eigenvalue weighted by Gasteiger charge is 1.87. The summed E-state index contributed by atoms with van der Waals surface area (Å²) < 4.78 is 0. The fourth-order valence-electron chi connectivity index (χ4n) is 0.254. The molecule has 0 rings (SSSR count). The van der Waals surface area contributed by atoms with Gasteiger partial charge < -0.3 is 0 Å². The number of halogens is 4. The van der Waals surface area contributed by atoms with Crippen LogP contribution in [-0.2, 0) is 0 Å². The maximum Gasteiger partial charge on any atom is 0.0250 e. The maximum absolute atomic E-state index is 3.36. The van der Waals surface area contributed by atoms with Crippen molar-refractivity contribution >= 4 is 63.7 Å². The van der Waals surface area contributed by atoms with Crippen LogP contribution in [0.5, 0.6) is 0 Å². The SMILES string of the molecule is BrCC=C(CBr)CBr.CCBr. The highest BCUT2D eigenvalue weighted by molar-refractivity contribution is 9.10. The van der Waals surface area contributed by atoms with Crippen LogP contribution in [0.3, 0.4) is 0 Å². The van der Waals surface area contributed by atoms with Gasteiger partial charge in [0.2, 0.25) is 0 Å². The Kier molecular flexibility index (Phi) is 19.6. The van der Waals surface area contributed by atoms with Crippen LogP contribution in [0.15, 0.2) is 11.6 Å². The second kappa shape index (κ2) is 14.2. The van der Waals surface area contributed by atoms with Crippen molar-refractivity contribution in [2.45, 2.75) is 6.92 Å². The molecule has 0 aliphatic rings. The van der Waals surface area contributed by atoms with Gasteiger partial charge >= 0.3 is 0 Å². The highest BCUT2D eigenvalue weighted by Crippen LogP contribution is 2.03. The largest absolute Gasteiger partial charge is 0.0931 e. The molecular weight excluding hydrogens is 404 g/mol. The number of alkyl halides is 4. The van der Waals surface area contributed by atoms with E-state index in [9.17, 15) is 0 Å². The molecule has 0 aromatic rings. The standard InChI is InChI=1S/C5H7Br3.C2H5Br/c6-2-1-5(3-7)4-8;1-2-3/h1H,2-4H2;2H2,1H3. The summed E-state index contributed by atoms with van der Waals surface area (Å²) in [5.41, 5.74) is 1.38. The number of hydrogen-bond donors (Lipinski definition) is 0. The number of allylic oxidation sites excluding steroid dienone is 2. The smallest absolute Gasteiger partial charge is 0.0250 e. The van der Waals surface area contributed by atoms with E-state index in [1.54, 1.807) is 0 Å². The third-order valence-corrected chi connectivity index (χ3v) is 2.47. The third-order valence-electron chi connectivity index (χ3n) is 0.709. The Morgan fingerprint density at radius 3 is 1.55 bits per heavy atom. The van der Waals surface area contributed by atoms with Crippen LogP contribution in [0.1, 0.15) is 6.92 Å². The summed E-state index contributed by atoms with van der Waals surface area (Å²) in [5.74, 6) is 0. The Bertz CT molecular complexity index is 84.4.